The van der Waals surface area contributed by atoms with Gasteiger partial charge in [0, 0.05) is 0 Å². The Labute approximate surface area is 40.9 Å². The zero-order chi connectivity index (χ0) is 5.70. The largest absolute Gasteiger partial charge is 0.464 e. The lowest BCUT2D eigenvalue weighted by Crippen LogP contribution is -2.02. The summed E-state index contributed by atoms with van der Waals surface area (Å²) < 4.78 is 4.07. The summed E-state index contributed by atoms with van der Waals surface area (Å²) in [6, 6.07) is 0. The van der Waals surface area contributed by atoms with Crippen LogP contribution < -0.4 is 5.84 Å². The van der Waals surface area contributed by atoms with Crippen molar-refractivity contribution in [3.05, 3.63) is 0 Å². The number of ether oxygens (including phenoxy) is 1. The molecule has 0 unspecified atom stereocenters. The van der Waals surface area contributed by atoms with E-state index in [0.29, 0.717) is 0 Å². The van der Waals surface area contributed by atoms with Gasteiger partial charge in [0.2, 0.25) is 6.21 Å². The van der Waals surface area contributed by atoms with Crippen molar-refractivity contribution in [2.45, 2.75) is 0 Å². The van der Waals surface area contributed by atoms with Crippen molar-refractivity contribution >= 4 is 12.2 Å². The zero-order valence-corrected chi connectivity index (χ0v) is 3.84. The second-order valence-corrected chi connectivity index (χ2v) is 0.732. The zero-order valence-electron chi connectivity index (χ0n) is 3.84. The third kappa shape index (κ3) is 2.75. The summed E-state index contributed by atoms with van der Waals surface area (Å²) in [5.41, 5.74) is 0. The first-order valence-corrected chi connectivity index (χ1v) is 1.55. The molecule has 0 saturated heterocycles. The molecule has 1 radical (unpaired) electrons. The van der Waals surface area contributed by atoms with E-state index in [1.165, 1.54) is 7.11 Å². The summed E-state index contributed by atoms with van der Waals surface area (Å²) in [5, 5.41) is 2.78. The van der Waals surface area contributed by atoms with E-state index in [0.717, 1.165) is 0 Å². The maximum Gasteiger partial charge on any atom is 0.361 e. The minimum absolute atomic E-state index is 0.664. The van der Waals surface area contributed by atoms with Crippen molar-refractivity contribution in [3.63, 3.8) is 0 Å². The summed E-state index contributed by atoms with van der Waals surface area (Å²) >= 11 is 0. The van der Waals surface area contributed by atoms with Crippen LogP contribution >= 0.6 is 0 Å². The highest BCUT2D eigenvalue weighted by Gasteiger charge is 1.89. The fourth-order valence-electron chi connectivity index (χ4n) is 0.0983. The molecule has 0 amide bonds. The first-order valence-electron chi connectivity index (χ1n) is 1.55. The monoisotopic (exact) mass is 101 g/mol. The minimum atomic E-state index is -0.664. The topological polar surface area (TPSA) is 64.7 Å². The molecule has 2 N–H and O–H groups in total. The van der Waals surface area contributed by atoms with Crippen LogP contribution in [-0.4, -0.2) is 19.3 Å². The number of methoxy groups -OCH3 is 1. The average Bonchev–Trinajstić information content (AvgIpc) is 1.68. The van der Waals surface area contributed by atoms with E-state index in [9.17, 15) is 4.79 Å². The molecule has 0 saturated carbocycles. The van der Waals surface area contributed by atoms with Crippen LogP contribution in [0.2, 0.25) is 0 Å². The van der Waals surface area contributed by atoms with Crippen LogP contribution in [0.5, 0.6) is 0 Å². The number of carbonyl (C=O) groups is 1. The van der Waals surface area contributed by atoms with E-state index >= 15 is 0 Å². The van der Waals surface area contributed by atoms with E-state index in [1.807, 2.05) is 6.21 Å². The molecule has 0 spiro atoms. The van der Waals surface area contributed by atoms with Crippen LogP contribution in [0, 0.1) is 0 Å². The second-order valence-electron chi connectivity index (χ2n) is 0.732. The standard InChI is InChI=1S/C3H5N2O2/c1-7-3(6)2-5-4/h4H2,1H3. The molecule has 0 aromatic rings. The molecule has 0 heterocycles. The van der Waals surface area contributed by atoms with E-state index in [2.05, 4.69) is 15.7 Å². The van der Waals surface area contributed by atoms with Gasteiger partial charge in [-0.05, 0) is 0 Å². The van der Waals surface area contributed by atoms with Crippen LogP contribution in [0.15, 0.2) is 5.10 Å². The fraction of sp³-hybridized carbons (Fsp3) is 0.333. The van der Waals surface area contributed by atoms with Gasteiger partial charge in [0.1, 0.15) is 0 Å². The molecule has 0 aliphatic heterocycles. The number of nitrogens with zero attached hydrogens (tertiary/aromatic N) is 1. The number of carbonyl (C=O) groups excluding carboxylic acids is 1. The predicted molar refractivity (Wildman–Crippen MR) is 23.6 cm³/mol. The lowest BCUT2D eigenvalue weighted by Gasteiger charge is -1.82. The Morgan fingerprint density at radius 2 is 2.57 bits per heavy atom. The molecule has 0 aliphatic rings. The molecule has 0 aliphatic carbocycles. The average molecular weight is 101 g/mol. The van der Waals surface area contributed by atoms with Gasteiger partial charge in [-0.25, -0.2) is 4.79 Å². The SMILES string of the molecule is COC(=O)[C]=NN. The number of rotatable bonds is 1. The summed E-state index contributed by atoms with van der Waals surface area (Å²) in [7, 11) is 1.22. The molecule has 0 bridgehead atoms. The Balaban J connectivity index is 3.37. The van der Waals surface area contributed by atoms with Gasteiger partial charge >= 0.3 is 5.97 Å². The maximum atomic E-state index is 9.90. The Bertz CT molecular complexity index is 88.9. The summed E-state index contributed by atoms with van der Waals surface area (Å²) in [4.78, 5) is 9.90. The number of esters is 1. The highest BCUT2D eigenvalue weighted by molar-refractivity contribution is 6.22. The maximum absolute atomic E-state index is 9.90. The lowest BCUT2D eigenvalue weighted by molar-refractivity contribution is -0.132. The van der Waals surface area contributed by atoms with E-state index in [4.69, 9.17) is 0 Å². The molecule has 0 fully saturated rings. The van der Waals surface area contributed by atoms with Crippen molar-refractivity contribution < 1.29 is 9.53 Å². The molecular formula is C3H5N2O2. The van der Waals surface area contributed by atoms with Gasteiger partial charge < -0.3 is 10.6 Å². The number of hydrogen-bond acceptors (Lipinski definition) is 4. The lowest BCUT2D eigenvalue weighted by atomic mass is 10.8. The van der Waals surface area contributed by atoms with Crippen molar-refractivity contribution in [1.82, 2.24) is 0 Å². The molecule has 7 heavy (non-hydrogen) atoms. The summed E-state index contributed by atoms with van der Waals surface area (Å²) in [6.07, 6.45) is 1.84. The number of nitrogens with two attached hydrogens (primary N) is 1. The minimum Gasteiger partial charge on any atom is -0.464 e. The van der Waals surface area contributed by atoms with Gasteiger partial charge in [-0.3, -0.25) is 0 Å². The third-order valence-corrected chi connectivity index (χ3v) is 0.341. The highest BCUT2D eigenvalue weighted by Crippen LogP contribution is 1.61. The normalized spacial score (nSPS) is 9.29. The molecule has 0 rings (SSSR count). The molecule has 0 aromatic heterocycles. The van der Waals surface area contributed by atoms with Crippen molar-refractivity contribution in [1.29, 1.82) is 0 Å². The van der Waals surface area contributed by atoms with E-state index in [-0.39, 0.29) is 0 Å². The summed E-state index contributed by atoms with van der Waals surface area (Å²) in [6.45, 7) is 0. The molecule has 0 aromatic carbocycles. The molecule has 4 nitrogen and oxygen atoms in total. The van der Waals surface area contributed by atoms with E-state index in [1.54, 1.807) is 0 Å². The quantitative estimate of drug-likeness (QED) is 0.199. The first-order chi connectivity index (χ1) is 3.31. The summed E-state index contributed by atoms with van der Waals surface area (Å²) in [5.74, 6) is 3.85. The Morgan fingerprint density at radius 3 is 2.71 bits per heavy atom. The van der Waals surface area contributed by atoms with Crippen LogP contribution in [0.25, 0.3) is 0 Å². The molecule has 0 atom stereocenters. The van der Waals surface area contributed by atoms with Gasteiger partial charge in [-0.2, -0.15) is 5.10 Å². The highest BCUT2D eigenvalue weighted by atomic mass is 16.5. The van der Waals surface area contributed by atoms with E-state index < -0.39 is 5.97 Å². The third-order valence-electron chi connectivity index (χ3n) is 0.341. The molecule has 4 heteroatoms. The van der Waals surface area contributed by atoms with Crippen molar-refractivity contribution in [2.24, 2.45) is 10.9 Å². The van der Waals surface area contributed by atoms with Crippen LogP contribution in [0.3, 0.4) is 0 Å². The Kier molecular flexibility index (Phi) is 2.67. The Hall–Kier alpha value is -1.06. The predicted octanol–water partition coefficient (Wildman–Crippen LogP) is -1.02. The van der Waals surface area contributed by atoms with Crippen LogP contribution in [-0.2, 0) is 9.53 Å². The molecule has 39 valence electrons. The van der Waals surface area contributed by atoms with Crippen LogP contribution in [0.1, 0.15) is 0 Å². The number of hydrogen-bond donors (Lipinski definition) is 1. The fourth-order valence-corrected chi connectivity index (χ4v) is 0.0983. The van der Waals surface area contributed by atoms with Gasteiger partial charge in [0.15, 0.2) is 0 Å². The first kappa shape index (κ1) is 5.94. The van der Waals surface area contributed by atoms with Crippen molar-refractivity contribution in [2.75, 3.05) is 7.11 Å². The van der Waals surface area contributed by atoms with Crippen LogP contribution in [0.4, 0.5) is 0 Å². The molecular weight excluding hydrogens is 96.0 g/mol. The van der Waals surface area contributed by atoms with Gasteiger partial charge in [-0.1, -0.05) is 0 Å². The van der Waals surface area contributed by atoms with Gasteiger partial charge in [0.25, 0.3) is 0 Å². The smallest absolute Gasteiger partial charge is 0.361 e. The Morgan fingerprint density at radius 1 is 2.00 bits per heavy atom. The number of hydrazone groups is 1. The van der Waals surface area contributed by atoms with Gasteiger partial charge in [-0.15, -0.1) is 0 Å². The van der Waals surface area contributed by atoms with Gasteiger partial charge in [0.05, 0.1) is 7.11 Å². The second kappa shape index (κ2) is 3.14. The van der Waals surface area contributed by atoms with Crippen molar-refractivity contribution in [3.8, 4) is 0 Å².